The van der Waals surface area contributed by atoms with Gasteiger partial charge in [-0.05, 0) is 44.0 Å². The van der Waals surface area contributed by atoms with Gasteiger partial charge in [0.1, 0.15) is 5.75 Å². The summed E-state index contributed by atoms with van der Waals surface area (Å²) in [6, 6.07) is 7.59. The van der Waals surface area contributed by atoms with Crippen molar-refractivity contribution in [3.05, 3.63) is 29.8 Å². The van der Waals surface area contributed by atoms with Crippen LogP contribution in [0.5, 0.6) is 5.75 Å². The summed E-state index contributed by atoms with van der Waals surface area (Å²) < 4.78 is 5.86. The zero-order chi connectivity index (χ0) is 17.4. The van der Waals surface area contributed by atoms with Gasteiger partial charge < -0.3 is 15.4 Å². The fourth-order valence-electron chi connectivity index (χ4n) is 2.83. The van der Waals surface area contributed by atoms with Crippen LogP contribution in [0.3, 0.4) is 0 Å². The Hall–Kier alpha value is -1.59. The average molecular weight is 333 g/mol. The van der Waals surface area contributed by atoms with Crippen LogP contribution < -0.4 is 10.5 Å². The smallest absolute Gasteiger partial charge is 0.257 e. The normalized spacial score (nSPS) is 15.8. The SMILES string of the molecule is CC(C)CCOc1ccccc1C(=O)N1CCN(CCCN)CC1. The van der Waals surface area contributed by atoms with Crippen molar-refractivity contribution in [2.45, 2.75) is 26.7 Å². The molecule has 1 heterocycles. The molecule has 5 nitrogen and oxygen atoms in total. The van der Waals surface area contributed by atoms with Crippen LogP contribution in [0, 0.1) is 5.92 Å². The van der Waals surface area contributed by atoms with Crippen LogP contribution in [0.15, 0.2) is 24.3 Å². The van der Waals surface area contributed by atoms with E-state index in [-0.39, 0.29) is 5.91 Å². The van der Waals surface area contributed by atoms with Crippen molar-refractivity contribution >= 4 is 5.91 Å². The lowest BCUT2D eigenvalue weighted by atomic mass is 10.1. The molecule has 1 aliphatic heterocycles. The van der Waals surface area contributed by atoms with Gasteiger partial charge in [-0.15, -0.1) is 0 Å². The van der Waals surface area contributed by atoms with Crippen molar-refractivity contribution in [3.63, 3.8) is 0 Å². The van der Waals surface area contributed by atoms with E-state index in [2.05, 4.69) is 18.7 Å². The van der Waals surface area contributed by atoms with Crippen LogP contribution in [-0.2, 0) is 0 Å². The summed E-state index contributed by atoms with van der Waals surface area (Å²) in [4.78, 5) is 17.2. The number of piperazine rings is 1. The Balaban J connectivity index is 1.92. The molecular weight excluding hydrogens is 302 g/mol. The van der Waals surface area contributed by atoms with E-state index in [4.69, 9.17) is 10.5 Å². The number of ether oxygens (including phenoxy) is 1. The van der Waals surface area contributed by atoms with Gasteiger partial charge >= 0.3 is 0 Å². The predicted molar refractivity (Wildman–Crippen MR) is 97.4 cm³/mol. The Bertz CT molecular complexity index is 511. The summed E-state index contributed by atoms with van der Waals surface area (Å²) in [5, 5.41) is 0. The second-order valence-electron chi connectivity index (χ2n) is 6.80. The van der Waals surface area contributed by atoms with Gasteiger partial charge in [0.2, 0.25) is 0 Å². The number of nitrogens with zero attached hydrogens (tertiary/aromatic N) is 2. The van der Waals surface area contributed by atoms with Gasteiger partial charge in [-0.2, -0.15) is 0 Å². The summed E-state index contributed by atoms with van der Waals surface area (Å²) in [5.41, 5.74) is 6.24. The Labute approximate surface area is 145 Å². The fraction of sp³-hybridized carbons (Fsp3) is 0.632. The number of hydrogen-bond acceptors (Lipinski definition) is 4. The molecule has 1 fully saturated rings. The minimum Gasteiger partial charge on any atom is -0.493 e. The number of rotatable bonds is 8. The van der Waals surface area contributed by atoms with Crippen LogP contribution in [-0.4, -0.2) is 61.6 Å². The molecule has 1 saturated heterocycles. The third kappa shape index (κ3) is 5.49. The molecule has 0 spiro atoms. The van der Waals surface area contributed by atoms with E-state index in [1.807, 2.05) is 29.2 Å². The molecule has 2 N–H and O–H groups in total. The predicted octanol–water partition coefficient (Wildman–Crippen LogP) is 2.22. The summed E-state index contributed by atoms with van der Waals surface area (Å²) in [5.74, 6) is 1.37. The first kappa shape index (κ1) is 18.7. The molecule has 0 aromatic heterocycles. The number of amides is 1. The van der Waals surface area contributed by atoms with Crippen molar-refractivity contribution < 1.29 is 9.53 Å². The van der Waals surface area contributed by atoms with Crippen LogP contribution >= 0.6 is 0 Å². The molecule has 0 unspecified atom stereocenters. The van der Waals surface area contributed by atoms with Gasteiger partial charge in [0, 0.05) is 26.2 Å². The van der Waals surface area contributed by atoms with Gasteiger partial charge in [-0.3, -0.25) is 9.69 Å². The summed E-state index contributed by atoms with van der Waals surface area (Å²) in [7, 11) is 0. The first-order chi connectivity index (χ1) is 11.6. The minimum atomic E-state index is 0.0774. The number of hydrogen-bond donors (Lipinski definition) is 1. The maximum atomic E-state index is 12.8. The number of carbonyl (C=O) groups excluding carboxylic acids is 1. The average Bonchev–Trinajstić information content (AvgIpc) is 2.60. The number of nitrogens with two attached hydrogens (primary N) is 1. The summed E-state index contributed by atoms with van der Waals surface area (Å²) in [6.07, 6.45) is 2.00. The molecular formula is C19H31N3O2. The molecule has 5 heteroatoms. The molecule has 0 radical (unpaired) electrons. The highest BCUT2D eigenvalue weighted by atomic mass is 16.5. The van der Waals surface area contributed by atoms with E-state index in [9.17, 15) is 4.79 Å². The van der Waals surface area contributed by atoms with E-state index in [0.717, 1.165) is 52.1 Å². The zero-order valence-electron chi connectivity index (χ0n) is 15.0. The van der Waals surface area contributed by atoms with Gasteiger partial charge in [-0.1, -0.05) is 26.0 Å². The lowest BCUT2D eigenvalue weighted by Gasteiger charge is -2.35. The maximum absolute atomic E-state index is 12.8. The molecule has 24 heavy (non-hydrogen) atoms. The van der Waals surface area contributed by atoms with E-state index in [1.54, 1.807) is 0 Å². The first-order valence-corrected chi connectivity index (χ1v) is 9.05. The standard InChI is InChI=1S/C19H31N3O2/c1-16(2)8-15-24-18-7-4-3-6-17(18)19(23)22-13-11-21(12-14-22)10-5-9-20/h3-4,6-7,16H,5,8-15,20H2,1-2H3. The summed E-state index contributed by atoms with van der Waals surface area (Å²) in [6.45, 7) is 10.1. The molecule has 2 rings (SSSR count). The molecule has 1 aromatic rings. The second-order valence-corrected chi connectivity index (χ2v) is 6.80. The van der Waals surface area contributed by atoms with E-state index < -0.39 is 0 Å². The Morgan fingerprint density at radius 1 is 1.21 bits per heavy atom. The van der Waals surface area contributed by atoms with Crippen molar-refractivity contribution in [1.29, 1.82) is 0 Å². The van der Waals surface area contributed by atoms with Gasteiger partial charge in [-0.25, -0.2) is 0 Å². The third-order valence-corrected chi connectivity index (χ3v) is 4.41. The molecule has 1 aliphatic rings. The fourth-order valence-corrected chi connectivity index (χ4v) is 2.83. The Morgan fingerprint density at radius 3 is 2.58 bits per heavy atom. The molecule has 0 aliphatic carbocycles. The monoisotopic (exact) mass is 333 g/mol. The molecule has 0 saturated carbocycles. The quantitative estimate of drug-likeness (QED) is 0.792. The second kappa shape index (κ2) is 9.64. The van der Waals surface area contributed by atoms with Crippen molar-refractivity contribution in [2.24, 2.45) is 11.7 Å². The number of benzene rings is 1. The van der Waals surface area contributed by atoms with Crippen molar-refractivity contribution in [2.75, 3.05) is 45.9 Å². The van der Waals surface area contributed by atoms with Crippen LogP contribution in [0.25, 0.3) is 0 Å². The Kier molecular flexibility index (Phi) is 7.53. The zero-order valence-corrected chi connectivity index (χ0v) is 15.0. The van der Waals surface area contributed by atoms with Gasteiger partial charge in [0.15, 0.2) is 0 Å². The van der Waals surface area contributed by atoms with Gasteiger partial charge in [0.25, 0.3) is 5.91 Å². The van der Waals surface area contributed by atoms with Crippen molar-refractivity contribution in [3.8, 4) is 5.75 Å². The minimum absolute atomic E-state index is 0.0774. The highest BCUT2D eigenvalue weighted by Crippen LogP contribution is 2.21. The molecule has 0 atom stereocenters. The lowest BCUT2D eigenvalue weighted by molar-refractivity contribution is 0.0632. The highest BCUT2D eigenvalue weighted by Gasteiger charge is 2.23. The third-order valence-electron chi connectivity index (χ3n) is 4.41. The lowest BCUT2D eigenvalue weighted by Crippen LogP contribution is -2.49. The van der Waals surface area contributed by atoms with E-state index in [0.29, 0.717) is 23.8 Å². The van der Waals surface area contributed by atoms with Crippen molar-refractivity contribution in [1.82, 2.24) is 9.80 Å². The maximum Gasteiger partial charge on any atom is 0.257 e. The van der Waals surface area contributed by atoms with E-state index in [1.165, 1.54) is 0 Å². The van der Waals surface area contributed by atoms with Crippen LogP contribution in [0.4, 0.5) is 0 Å². The highest BCUT2D eigenvalue weighted by molar-refractivity contribution is 5.97. The molecule has 1 aromatic carbocycles. The number of para-hydroxylation sites is 1. The van der Waals surface area contributed by atoms with Crippen LogP contribution in [0.2, 0.25) is 0 Å². The first-order valence-electron chi connectivity index (χ1n) is 9.05. The molecule has 1 amide bonds. The van der Waals surface area contributed by atoms with Gasteiger partial charge in [0.05, 0.1) is 12.2 Å². The van der Waals surface area contributed by atoms with E-state index >= 15 is 0 Å². The topological polar surface area (TPSA) is 58.8 Å². The molecule has 134 valence electrons. The number of carbonyl (C=O) groups is 1. The largest absolute Gasteiger partial charge is 0.493 e. The summed E-state index contributed by atoms with van der Waals surface area (Å²) >= 11 is 0. The van der Waals surface area contributed by atoms with Crippen LogP contribution in [0.1, 0.15) is 37.0 Å². The Morgan fingerprint density at radius 2 is 1.92 bits per heavy atom. The molecule has 0 bridgehead atoms.